The molecular weight excluding hydrogens is 364 g/mol. The monoisotopic (exact) mass is 384 g/mol. The summed E-state index contributed by atoms with van der Waals surface area (Å²) in [7, 11) is 1.54. The molecule has 0 bridgehead atoms. The molecule has 0 aromatic heterocycles. The topological polar surface area (TPSA) is 58.6 Å². The van der Waals surface area contributed by atoms with E-state index in [4.69, 9.17) is 16.3 Å². The average Bonchev–Trinajstić information content (AvgIpc) is 3.49. The molecule has 2 aromatic rings. The molecule has 4 rings (SSSR count). The van der Waals surface area contributed by atoms with E-state index in [1.807, 2.05) is 24.3 Å². The highest BCUT2D eigenvalue weighted by atomic mass is 35.5. The summed E-state index contributed by atoms with van der Waals surface area (Å²) in [5.74, 6) is 0.167. The van der Waals surface area contributed by atoms with Crippen LogP contribution >= 0.6 is 11.6 Å². The molecule has 0 atom stereocenters. The maximum Gasteiger partial charge on any atom is 0.242 e. The lowest BCUT2D eigenvalue weighted by Gasteiger charge is -2.32. The fraction of sp³-hybridized carbons (Fsp3) is 0.333. The first kappa shape index (κ1) is 17.9. The largest absolute Gasteiger partial charge is 0.495 e. The number of ether oxygens (including phenoxy) is 1. The number of nitrogens with one attached hydrogen (secondary N) is 1. The summed E-state index contributed by atoms with van der Waals surface area (Å²) in [6.07, 6.45) is 3.01. The Labute approximate surface area is 163 Å². The highest BCUT2D eigenvalue weighted by Crippen LogP contribution is 2.49. The molecule has 1 aliphatic carbocycles. The number of amides is 2. The molecule has 2 aliphatic rings. The minimum atomic E-state index is -0.975. The van der Waals surface area contributed by atoms with E-state index in [0.717, 1.165) is 24.1 Å². The number of anilines is 2. The number of nitrogens with zero attached hydrogens (tertiary/aromatic N) is 1. The van der Waals surface area contributed by atoms with Crippen LogP contribution in [0.5, 0.6) is 5.75 Å². The van der Waals surface area contributed by atoms with Crippen molar-refractivity contribution < 1.29 is 14.3 Å². The van der Waals surface area contributed by atoms with Gasteiger partial charge in [0.05, 0.1) is 12.1 Å². The summed E-state index contributed by atoms with van der Waals surface area (Å²) < 4.78 is 5.13. The number of para-hydroxylation sites is 1. The van der Waals surface area contributed by atoms with Crippen molar-refractivity contribution >= 4 is 34.8 Å². The van der Waals surface area contributed by atoms with Crippen LogP contribution in [0.3, 0.4) is 0 Å². The number of rotatable bonds is 4. The second-order valence-corrected chi connectivity index (χ2v) is 7.48. The highest BCUT2D eigenvalue weighted by Gasteiger charge is 2.58. The molecule has 140 valence electrons. The Morgan fingerprint density at radius 3 is 2.67 bits per heavy atom. The van der Waals surface area contributed by atoms with Gasteiger partial charge < -0.3 is 15.0 Å². The third kappa shape index (κ3) is 3.16. The molecule has 1 fully saturated rings. The zero-order valence-corrected chi connectivity index (χ0v) is 15.9. The van der Waals surface area contributed by atoms with Gasteiger partial charge in [0.2, 0.25) is 11.8 Å². The molecule has 1 aliphatic heterocycles. The van der Waals surface area contributed by atoms with Gasteiger partial charge in [-0.1, -0.05) is 29.8 Å². The second kappa shape index (κ2) is 6.89. The first-order valence-electron chi connectivity index (χ1n) is 9.10. The summed E-state index contributed by atoms with van der Waals surface area (Å²) in [4.78, 5) is 28.0. The summed E-state index contributed by atoms with van der Waals surface area (Å²) in [6.45, 7) is 0.652. The van der Waals surface area contributed by atoms with Gasteiger partial charge in [-0.25, -0.2) is 0 Å². The predicted octanol–water partition coefficient (Wildman–Crippen LogP) is 4.05. The molecule has 1 N–H and O–H groups in total. The van der Waals surface area contributed by atoms with Gasteiger partial charge in [0.1, 0.15) is 11.2 Å². The first-order valence-corrected chi connectivity index (χ1v) is 9.48. The first-order chi connectivity index (χ1) is 13.0. The molecule has 6 heteroatoms. The van der Waals surface area contributed by atoms with Crippen LogP contribution in [0.25, 0.3) is 0 Å². The lowest BCUT2D eigenvalue weighted by Crippen LogP contribution is -2.45. The van der Waals surface area contributed by atoms with E-state index in [1.54, 1.807) is 23.1 Å². The number of benzene rings is 2. The quantitative estimate of drug-likeness (QED) is 0.809. The molecule has 1 heterocycles. The van der Waals surface area contributed by atoms with Crippen LogP contribution in [0.15, 0.2) is 42.5 Å². The standard InChI is InChI=1S/C21H21ClN2O3/c1-27-18-9-8-15(13-16(18)22)23-19(25)21(10-11-21)20(26)24-12-4-6-14-5-2-3-7-17(14)24/h2-3,5,7-9,13H,4,6,10-12H2,1H3,(H,23,25). The molecule has 5 nitrogen and oxygen atoms in total. The van der Waals surface area contributed by atoms with Crippen LogP contribution in [-0.4, -0.2) is 25.5 Å². The third-order valence-corrected chi connectivity index (χ3v) is 5.65. The zero-order chi connectivity index (χ0) is 19.0. The van der Waals surface area contributed by atoms with Crippen molar-refractivity contribution in [3.05, 3.63) is 53.1 Å². The number of carbonyl (C=O) groups excluding carboxylic acids is 2. The maximum absolute atomic E-state index is 13.3. The SMILES string of the molecule is COc1ccc(NC(=O)C2(C(=O)N3CCCc4ccccc43)CC2)cc1Cl. The van der Waals surface area contributed by atoms with E-state index < -0.39 is 5.41 Å². The number of halogens is 1. The second-order valence-electron chi connectivity index (χ2n) is 7.07. The van der Waals surface area contributed by atoms with Crippen molar-refractivity contribution in [2.45, 2.75) is 25.7 Å². The Bertz CT molecular complexity index is 908. The van der Waals surface area contributed by atoms with E-state index in [0.29, 0.717) is 35.8 Å². The number of fused-ring (bicyclic) bond motifs is 1. The lowest BCUT2D eigenvalue weighted by molar-refractivity contribution is -0.132. The van der Waals surface area contributed by atoms with Gasteiger partial charge in [-0.2, -0.15) is 0 Å². The third-order valence-electron chi connectivity index (χ3n) is 5.36. The van der Waals surface area contributed by atoms with E-state index in [2.05, 4.69) is 5.32 Å². The minimum Gasteiger partial charge on any atom is -0.495 e. The number of aryl methyl sites for hydroxylation is 1. The molecule has 0 saturated heterocycles. The molecule has 0 unspecified atom stereocenters. The maximum atomic E-state index is 13.3. The summed E-state index contributed by atoms with van der Waals surface area (Å²) >= 11 is 6.13. The van der Waals surface area contributed by atoms with Gasteiger partial charge in [-0.3, -0.25) is 9.59 Å². The van der Waals surface area contributed by atoms with Gasteiger partial charge in [0.15, 0.2) is 0 Å². The van der Waals surface area contributed by atoms with Crippen LogP contribution < -0.4 is 15.0 Å². The van der Waals surface area contributed by atoms with Gasteiger partial charge in [0, 0.05) is 17.9 Å². The van der Waals surface area contributed by atoms with E-state index >= 15 is 0 Å². The van der Waals surface area contributed by atoms with Crippen molar-refractivity contribution in [2.75, 3.05) is 23.9 Å². The van der Waals surface area contributed by atoms with Gasteiger partial charge in [0.25, 0.3) is 0 Å². The highest BCUT2D eigenvalue weighted by molar-refractivity contribution is 6.32. The zero-order valence-electron chi connectivity index (χ0n) is 15.1. The molecule has 2 amide bonds. The molecule has 0 spiro atoms. The van der Waals surface area contributed by atoms with Crippen molar-refractivity contribution in [1.29, 1.82) is 0 Å². The predicted molar refractivity (Wildman–Crippen MR) is 105 cm³/mol. The Morgan fingerprint density at radius 1 is 1.19 bits per heavy atom. The van der Waals surface area contributed by atoms with Crippen LogP contribution in [0.2, 0.25) is 5.02 Å². The number of methoxy groups -OCH3 is 1. The number of carbonyl (C=O) groups is 2. The van der Waals surface area contributed by atoms with E-state index in [1.165, 1.54) is 7.11 Å². The van der Waals surface area contributed by atoms with Crippen LogP contribution in [0.1, 0.15) is 24.8 Å². The molecule has 0 radical (unpaired) electrons. The molecule has 27 heavy (non-hydrogen) atoms. The van der Waals surface area contributed by atoms with Crippen molar-refractivity contribution in [3.8, 4) is 5.75 Å². The summed E-state index contributed by atoms with van der Waals surface area (Å²) in [5.41, 5.74) is 1.68. The summed E-state index contributed by atoms with van der Waals surface area (Å²) in [6, 6.07) is 13.0. The fourth-order valence-electron chi connectivity index (χ4n) is 3.66. The van der Waals surface area contributed by atoms with Gasteiger partial charge in [-0.15, -0.1) is 0 Å². The molecule has 1 saturated carbocycles. The Kier molecular flexibility index (Phi) is 4.56. The van der Waals surface area contributed by atoms with Crippen molar-refractivity contribution in [3.63, 3.8) is 0 Å². The van der Waals surface area contributed by atoms with Crippen LogP contribution in [0.4, 0.5) is 11.4 Å². The van der Waals surface area contributed by atoms with Crippen molar-refractivity contribution in [1.82, 2.24) is 0 Å². The van der Waals surface area contributed by atoms with Crippen molar-refractivity contribution in [2.24, 2.45) is 5.41 Å². The average molecular weight is 385 g/mol. The smallest absolute Gasteiger partial charge is 0.242 e. The summed E-state index contributed by atoms with van der Waals surface area (Å²) in [5, 5.41) is 3.27. The molecule has 2 aromatic carbocycles. The van der Waals surface area contributed by atoms with Crippen LogP contribution in [-0.2, 0) is 16.0 Å². The normalized spacial score (nSPS) is 17.0. The fourth-order valence-corrected chi connectivity index (χ4v) is 3.92. The van der Waals surface area contributed by atoms with E-state index in [9.17, 15) is 9.59 Å². The molecular formula is C21H21ClN2O3. The Balaban J connectivity index is 1.54. The lowest BCUT2D eigenvalue weighted by atomic mass is 9.97. The number of hydrogen-bond donors (Lipinski definition) is 1. The minimum absolute atomic E-state index is 0.105. The van der Waals surface area contributed by atoms with Gasteiger partial charge >= 0.3 is 0 Å². The number of hydrogen-bond acceptors (Lipinski definition) is 3. The Hall–Kier alpha value is -2.53. The Morgan fingerprint density at radius 2 is 1.96 bits per heavy atom. The van der Waals surface area contributed by atoms with E-state index in [-0.39, 0.29) is 11.8 Å². The van der Waals surface area contributed by atoms with Gasteiger partial charge in [-0.05, 0) is 55.5 Å². The van der Waals surface area contributed by atoms with Crippen LogP contribution in [0, 0.1) is 5.41 Å².